The van der Waals surface area contributed by atoms with Crippen LogP contribution in [0.4, 0.5) is 0 Å². The number of hydrogen-bond donors (Lipinski definition) is 0. The molecule has 1 aromatic heterocycles. The zero-order chi connectivity index (χ0) is 14.0. The van der Waals surface area contributed by atoms with Gasteiger partial charge in [-0.1, -0.05) is 32.4 Å². The van der Waals surface area contributed by atoms with Crippen molar-refractivity contribution < 1.29 is 4.74 Å². The molecule has 1 heterocycles. The molecule has 4 heteroatoms. The van der Waals surface area contributed by atoms with Gasteiger partial charge in [-0.3, -0.25) is 0 Å². The Morgan fingerprint density at radius 3 is 2.58 bits per heavy atom. The lowest BCUT2D eigenvalue weighted by Gasteiger charge is -2.13. The summed E-state index contributed by atoms with van der Waals surface area (Å²) in [7, 11) is 0. The molecule has 0 atom stereocenters. The molecule has 19 heavy (non-hydrogen) atoms. The predicted octanol–water partition coefficient (Wildman–Crippen LogP) is 5.16. The molecule has 2 nitrogen and oxygen atoms in total. The second kappa shape index (κ2) is 5.51. The Labute approximate surface area is 123 Å². The summed E-state index contributed by atoms with van der Waals surface area (Å²) in [5, 5.41) is 3.84. The molecule has 0 aliphatic carbocycles. The van der Waals surface area contributed by atoms with E-state index in [-0.39, 0.29) is 5.41 Å². The van der Waals surface area contributed by atoms with Crippen molar-refractivity contribution in [3.63, 3.8) is 0 Å². The molecule has 0 radical (unpaired) electrons. The van der Waals surface area contributed by atoms with Gasteiger partial charge in [-0.05, 0) is 25.1 Å². The van der Waals surface area contributed by atoms with Crippen molar-refractivity contribution in [1.29, 1.82) is 0 Å². The fourth-order valence-electron chi connectivity index (χ4n) is 1.68. The first-order chi connectivity index (χ1) is 8.91. The van der Waals surface area contributed by atoms with Crippen molar-refractivity contribution in [2.45, 2.75) is 33.1 Å². The first kappa shape index (κ1) is 14.4. The minimum atomic E-state index is 0.0813. The van der Waals surface area contributed by atoms with Gasteiger partial charge in [0.2, 0.25) is 0 Å². The third-order valence-electron chi connectivity index (χ3n) is 2.67. The van der Waals surface area contributed by atoms with Crippen molar-refractivity contribution >= 4 is 22.9 Å². The Bertz CT molecular complexity index is 572. The molecule has 102 valence electrons. The van der Waals surface area contributed by atoms with Crippen molar-refractivity contribution in [2.24, 2.45) is 0 Å². The summed E-state index contributed by atoms with van der Waals surface area (Å²) < 4.78 is 5.44. The van der Waals surface area contributed by atoms with E-state index >= 15 is 0 Å². The molecule has 2 aromatic rings. The second-order valence-electron chi connectivity index (χ2n) is 5.37. The van der Waals surface area contributed by atoms with Gasteiger partial charge in [-0.25, -0.2) is 4.98 Å². The molecule has 2 rings (SSSR count). The molecule has 0 unspecified atom stereocenters. The third-order valence-corrected chi connectivity index (χ3v) is 4.24. The average Bonchev–Trinajstić information content (AvgIpc) is 2.81. The van der Waals surface area contributed by atoms with Gasteiger partial charge < -0.3 is 4.74 Å². The molecule has 0 spiro atoms. The molecular weight excluding hydrogens is 278 g/mol. The van der Waals surface area contributed by atoms with Gasteiger partial charge in [-0.15, -0.1) is 11.3 Å². The summed E-state index contributed by atoms with van der Waals surface area (Å²) in [6.45, 7) is 9.06. The fourth-order valence-corrected chi connectivity index (χ4v) is 2.84. The smallest absolute Gasteiger partial charge is 0.137 e. The van der Waals surface area contributed by atoms with Gasteiger partial charge in [0.25, 0.3) is 0 Å². The van der Waals surface area contributed by atoms with Crippen LogP contribution in [0.5, 0.6) is 5.75 Å². The summed E-state index contributed by atoms with van der Waals surface area (Å²) in [6.07, 6.45) is 0. The molecule has 0 saturated carbocycles. The van der Waals surface area contributed by atoms with Crippen LogP contribution in [0.15, 0.2) is 23.6 Å². The maximum Gasteiger partial charge on any atom is 0.137 e. The molecule has 0 amide bonds. The van der Waals surface area contributed by atoms with Crippen LogP contribution in [0.1, 0.15) is 32.7 Å². The Balaban J connectivity index is 2.32. The van der Waals surface area contributed by atoms with Gasteiger partial charge >= 0.3 is 0 Å². The monoisotopic (exact) mass is 295 g/mol. The van der Waals surface area contributed by atoms with Crippen molar-refractivity contribution in [1.82, 2.24) is 4.98 Å². The lowest BCUT2D eigenvalue weighted by atomic mass is 9.98. The van der Waals surface area contributed by atoms with Gasteiger partial charge in [0, 0.05) is 16.4 Å². The Morgan fingerprint density at radius 1 is 1.32 bits per heavy atom. The number of hydrogen-bond acceptors (Lipinski definition) is 3. The van der Waals surface area contributed by atoms with Crippen molar-refractivity contribution in [2.75, 3.05) is 6.61 Å². The zero-order valence-corrected chi connectivity index (χ0v) is 13.2. The van der Waals surface area contributed by atoms with E-state index in [9.17, 15) is 0 Å². The maximum absolute atomic E-state index is 6.21. The Hall–Kier alpha value is -1.06. The molecule has 0 aliphatic rings. The quantitative estimate of drug-likeness (QED) is 0.780. The summed E-state index contributed by atoms with van der Waals surface area (Å²) in [6, 6.07) is 5.81. The van der Waals surface area contributed by atoms with E-state index in [1.165, 1.54) is 0 Å². The van der Waals surface area contributed by atoms with Crippen LogP contribution < -0.4 is 4.74 Å². The molecule has 0 aliphatic heterocycles. The molecular formula is C15H18ClNOS. The molecule has 0 N–H and O–H groups in total. The van der Waals surface area contributed by atoms with E-state index in [0.717, 1.165) is 22.0 Å². The predicted molar refractivity (Wildman–Crippen MR) is 82.4 cm³/mol. The standard InChI is InChI=1S/C15H18ClNOS/c1-5-18-13-7-6-10(8-11(13)16)12-9-19-14(17-12)15(2,3)4/h6-9H,5H2,1-4H3. The van der Waals surface area contributed by atoms with E-state index in [4.69, 9.17) is 16.3 Å². The third kappa shape index (κ3) is 3.28. The number of nitrogens with zero attached hydrogens (tertiary/aromatic N) is 1. The van der Waals surface area contributed by atoms with Gasteiger partial charge in [-0.2, -0.15) is 0 Å². The van der Waals surface area contributed by atoms with E-state index in [0.29, 0.717) is 11.6 Å². The maximum atomic E-state index is 6.21. The normalized spacial score (nSPS) is 11.6. The Kier molecular flexibility index (Phi) is 4.16. The number of ether oxygens (including phenoxy) is 1. The SMILES string of the molecule is CCOc1ccc(-c2csc(C(C)(C)C)n2)cc1Cl. The van der Waals surface area contributed by atoms with Crippen molar-refractivity contribution in [3.8, 4) is 17.0 Å². The molecule has 1 aromatic carbocycles. The van der Waals surface area contributed by atoms with Crippen LogP contribution in [0.25, 0.3) is 11.3 Å². The zero-order valence-electron chi connectivity index (χ0n) is 11.7. The Morgan fingerprint density at radius 2 is 2.05 bits per heavy atom. The van der Waals surface area contributed by atoms with Crippen LogP contribution in [-0.2, 0) is 5.41 Å². The number of thiazole rings is 1. The van der Waals surface area contributed by atoms with Crippen LogP contribution in [-0.4, -0.2) is 11.6 Å². The van der Waals surface area contributed by atoms with E-state index < -0.39 is 0 Å². The highest BCUT2D eigenvalue weighted by molar-refractivity contribution is 7.10. The van der Waals surface area contributed by atoms with Crippen LogP contribution in [0, 0.1) is 0 Å². The molecule has 0 fully saturated rings. The first-order valence-corrected chi connectivity index (χ1v) is 7.56. The minimum Gasteiger partial charge on any atom is -0.492 e. The average molecular weight is 296 g/mol. The molecule has 0 saturated heterocycles. The van der Waals surface area contributed by atoms with Gasteiger partial charge in [0.05, 0.1) is 22.3 Å². The number of benzene rings is 1. The highest BCUT2D eigenvalue weighted by Gasteiger charge is 2.18. The van der Waals surface area contributed by atoms with Crippen LogP contribution >= 0.6 is 22.9 Å². The van der Waals surface area contributed by atoms with Crippen LogP contribution in [0.2, 0.25) is 5.02 Å². The summed E-state index contributed by atoms with van der Waals surface area (Å²) in [4.78, 5) is 4.69. The summed E-state index contributed by atoms with van der Waals surface area (Å²) in [5.41, 5.74) is 2.08. The number of rotatable bonds is 3. The van der Waals surface area contributed by atoms with Crippen molar-refractivity contribution in [3.05, 3.63) is 33.6 Å². The highest BCUT2D eigenvalue weighted by atomic mass is 35.5. The largest absolute Gasteiger partial charge is 0.492 e. The van der Waals surface area contributed by atoms with E-state index in [1.54, 1.807) is 11.3 Å². The molecule has 0 bridgehead atoms. The lowest BCUT2D eigenvalue weighted by Crippen LogP contribution is -2.10. The number of aromatic nitrogens is 1. The minimum absolute atomic E-state index is 0.0813. The summed E-state index contributed by atoms with van der Waals surface area (Å²) >= 11 is 7.89. The van der Waals surface area contributed by atoms with E-state index in [1.807, 2.05) is 25.1 Å². The highest BCUT2D eigenvalue weighted by Crippen LogP contribution is 2.33. The lowest BCUT2D eigenvalue weighted by molar-refractivity contribution is 0.340. The van der Waals surface area contributed by atoms with E-state index in [2.05, 4.69) is 31.1 Å². The van der Waals surface area contributed by atoms with Crippen LogP contribution in [0.3, 0.4) is 0 Å². The summed E-state index contributed by atoms with van der Waals surface area (Å²) in [5.74, 6) is 0.721. The van der Waals surface area contributed by atoms with Gasteiger partial charge in [0.15, 0.2) is 0 Å². The topological polar surface area (TPSA) is 22.1 Å². The van der Waals surface area contributed by atoms with Gasteiger partial charge in [0.1, 0.15) is 5.75 Å². The first-order valence-electron chi connectivity index (χ1n) is 6.30. The second-order valence-corrected chi connectivity index (χ2v) is 6.63. The fraction of sp³-hybridized carbons (Fsp3) is 0.400. The number of halogens is 1.